The first-order valence-electron chi connectivity index (χ1n) is 21.1. The van der Waals surface area contributed by atoms with Gasteiger partial charge in [0.25, 0.3) is 12.3 Å². The molecule has 7 heterocycles. The minimum absolute atomic E-state index is 0.0684. The first-order valence-corrected chi connectivity index (χ1v) is 21.1. The van der Waals surface area contributed by atoms with Crippen LogP contribution in [0, 0.1) is 5.92 Å². The molecule has 0 radical (unpaired) electrons. The van der Waals surface area contributed by atoms with E-state index in [1.165, 1.54) is 5.56 Å². The third kappa shape index (κ3) is 6.68. The molecule has 0 saturated carbocycles. The van der Waals surface area contributed by atoms with Gasteiger partial charge in [0.1, 0.15) is 24.1 Å². The van der Waals surface area contributed by atoms with E-state index >= 15 is 0 Å². The number of methoxy groups -OCH3 is 1. The number of carbonyl (C=O) groups excluding carboxylic acids is 3. The van der Waals surface area contributed by atoms with E-state index in [1.54, 1.807) is 12.0 Å². The minimum atomic E-state index is -2.45. The SMILES string of the molecule is COc1cc(N2CCC(CN3CCN4c5ccc6c(c5OCC4C3)CN([C@H]3CCC(=O)NC3=O)C6=O)CC2)ccc1[C@@H]1c2[nH]c3ccccc3c2C[C@@H](C)N1CC(F)F. The van der Waals surface area contributed by atoms with Gasteiger partial charge in [-0.2, -0.15) is 0 Å². The van der Waals surface area contributed by atoms with Gasteiger partial charge in [-0.25, -0.2) is 8.78 Å². The van der Waals surface area contributed by atoms with E-state index in [4.69, 9.17) is 9.47 Å². The van der Waals surface area contributed by atoms with E-state index in [9.17, 15) is 23.2 Å². The summed E-state index contributed by atoms with van der Waals surface area (Å²) in [5, 5.41) is 3.53. The standard InChI is InChI=1S/C45H51F2N7O5/c1-26-19-33-30-5-3-4-6-35(30)48-41(33)42(53(26)24-39(46)47)32-8-7-28(20-38(32)58-2)51-15-13-27(14-16-51)21-50-17-18-52-29(22-50)25-59-43-34-23-54(37-11-12-40(55)49-44(37)56)45(57)31(34)9-10-36(43)52/h3-10,20,26-27,29,37,39,42,48H,11-19,21-25H2,1-2H3,(H,49,55,56)/t26-,29?,37+,42-/m1/s1. The number of anilines is 2. The zero-order valence-electron chi connectivity index (χ0n) is 33.6. The Bertz CT molecular complexity index is 2310. The molecule has 310 valence electrons. The van der Waals surface area contributed by atoms with Crippen LogP contribution in [-0.2, 0) is 22.6 Å². The summed E-state index contributed by atoms with van der Waals surface area (Å²) >= 11 is 0. The third-order valence-electron chi connectivity index (χ3n) is 13.8. The fourth-order valence-electron chi connectivity index (χ4n) is 10.9. The number of piperidine rings is 2. The Labute approximate surface area is 342 Å². The molecule has 6 aliphatic heterocycles. The molecule has 0 bridgehead atoms. The Morgan fingerprint density at radius 2 is 1.78 bits per heavy atom. The number of piperazine rings is 1. The van der Waals surface area contributed by atoms with Crippen LogP contribution in [0.3, 0.4) is 0 Å². The van der Waals surface area contributed by atoms with Crippen molar-refractivity contribution in [2.45, 2.75) is 76.2 Å². The Hall–Kier alpha value is -5.21. The molecule has 6 aliphatic rings. The van der Waals surface area contributed by atoms with Crippen molar-refractivity contribution in [2.24, 2.45) is 5.92 Å². The summed E-state index contributed by atoms with van der Waals surface area (Å²) in [6.45, 7) is 8.15. The number of carbonyl (C=O) groups is 3. The third-order valence-corrected chi connectivity index (χ3v) is 13.8. The van der Waals surface area contributed by atoms with E-state index in [-0.39, 0.29) is 42.9 Å². The molecule has 0 spiro atoms. The number of halogens is 2. The number of nitrogens with one attached hydrogen (secondary N) is 2. The number of imide groups is 1. The van der Waals surface area contributed by atoms with Crippen LogP contribution in [0.25, 0.3) is 10.9 Å². The average Bonchev–Trinajstić information content (AvgIpc) is 3.77. The maximum Gasteiger partial charge on any atom is 0.255 e. The first-order chi connectivity index (χ1) is 28.6. The molecular weight excluding hydrogens is 757 g/mol. The Balaban J connectivity index is 0.784. The number of ether oxygens (including phenoxy) is 2. The summed E-state index contributed by atoms with van der Waals surface area (Å²) in [5.41, 5.74) is 7.59. The molecule has 3 saturated heterocycles. The summed E-state index contributed by atoms with van der Waals surface area (Å²) in [5.74, 6) is 1.13. The molecule has 2 N–H and O–H groups in total. The van der Waals surface area contributed by atoms with Crippen molar-refractivity contribution in [3.05, 3.63) is 82.5 Å². The predicted octanol–water partition coefficient (Wildman–Crippen LogP) is 5.34. The molecule has 0 aliphatic carbocycles. The van der Waals surface area contributed by atoms with Crippen molar-refractivity contribution in [3.63, 3.8) is 0 Å². The molecule has 12 nitrogen and oxygen atoms in total. The highest BCUT2D eigenvalue weighted by Gasteiger charge is 2.44. The molecule has 59 heavy (non-hydrogen) atoms. The lowest BCUT2D eigenvalue weighted by molar-refractivity contribution is -0.136. The van der Waals surface area contributed by atoms with Crippen LogP contribution in [-0.4, -0.2) is 121 Å². The monoisotopic (exact) mass is 807 g/mol. The van der Waals surface area contributed by atoms with Crippen molar-refractivity contribution in [2.75, 3.05) is 69.3 Å². The van der Waals surface area contributed by atoms with Crippen molar-refractivity contribution in [1.82, 2.24) is 25.0 Å². The van der Waals surface area contributed by atoms with E-state index in [2.05, 4.69) is 55.3 Å². The van der Waals surface area contributed by atoms with E-state index in [0.29, 0.717) is 43.2 Å². The van der Waals surface area contributed by atoms with Crippen molar-refractivity contribution >= 4 is 40.0 Å². The van der Waals surface area contributed by atoms with Gasteiger partial charge in [-0.05, 0) is 68.4 Å². The molecule has 1 aromatic heterocycles. The Morgan fingerprint density at radius 3 is 2.58 bits per heavy atom. The second kappa shape index (κ2) is 15.1. The largest absolute Gasteiger partial charge is 0.496 e. The zero-order valence-corrected chi connectivity index (χ0v) is 33.6. The Morgan fingerprint density at radius 1 is 0.949 bits per heavy atom. The number of alkyl halides is 2. The zero-order chi connectivity index (χ0) is 40.5. The van der Waals surface area contributed by atoms with E-state index in [1.807, 2.05) is 36.1 Å². The number of para-hydroxylation sites is 1. The van der Waals surface area contributed by atoms with Crippen molar-refractivity contribution < 1.29 is 32.6 Å². The highest BCUT2D eigenvalue weighted by atomic mass is 19.3. The lowest BCUT2D eigenvalue weighted by atomic mass is 9.88. The number of hydrogen-bond acceptors (Lipinski definition) is 9. The second-order valence-electron chi connectivity index (χ2n) is 17.2. The lowest BCUT2D eigenvalue weighted by Crippen LogP contribution is -2.58. The number of fused-ring (bicyclic) bond motifs is 8. The molecule has 3 aromatic carbocycles. The second-order valence-corrected chi connectivity index (χ2v) is 17.2. The van der Waals surface area contributed by atoms with Crippen molar-refractivity contribution in [1.29, 1.82) is 0 Å². The number of aromatic amines is 1. The summed E-state index contributed by atoms with van der Waals surface area (Å²) in [6.07, 6.45) is 0.941. The van der Waals surface area contributed by atoms with Gasteiger partial charge >= 0.3 is 0 Å². The maximum atomic E-state index is 14.1. The first kappa shape index (κ1) is 38.0. The quantitative estimate of drug-likeness (QED) is 0.228. The van der Waals surface area contributed by atoms with E-state index in [0.717, 1.165) is 97.0 Å². The molecule has 10 rings (SSSR count). The smallest absolute Gasteiger partial charge is 0.255 e. The summed E-state index contributed by atoms with van der Waals surface area (Å²) in [4.78, 5) is 52.3. The minimum Gasteiger partial charge on any atom is -0.496 e. The van der Waals surface area contributed by atoms with Gasteiger partial charge in [-0.3, -0.25) is 29.5 Å². The van der Waals surface area contributed by atoms with Crippen LogP contribution in [0.4, 0.5) is 20.2 Å². The van der Waals surface area contributed by atoms with Gasteiger partial charge in [0.05, 0.1) is 38.0 Å². The summed E-state index contributed by atoms with van der Waals surface area (Å²) in [6, 6.07) is 17.5. The van der Waals surface area contributed by atoms with Crippen molar-refractivity contribution in [3.8, 4) is 11.5 Å². The fourth-order valence-corrected chi connectivity index (χ4v) is 10.9. The van der Waals surface area contributed by atoms with Gasteiger partial charge in [0.2, 0.25) is 11.8 Å². The van der Waals surface area contributed by atoms with Crippen LogP contribution < -0.4 is 24.6 Å². The van der Waals surface area contributed by atoms with Crippen LogP contribution in [0.1, 0.15) is 71.4 Å². The average molecular weight is 808 g/mol. The van der Waals surface area contributed by atoms with Crippen LogP contribution in [0.2, 0.25) is 0 Å². The predicted molar refractivity (Wildman–Crippen MR) is 220 cm³/mol. The molecule has 3 fully saturated rings. The van der Waals surface area contributed by atoms with Gasteiger partial charge in [0.15, 0.2) is 0 Å². The van der Waals surface area contributed by atoms with Crippen LogP contribution in [0.15, 0.2) is 54.6 Å². The van der Waals surface area contributed by atoms with Gasteiger partial charge in [-0.1, -0.05) is 24.3 Å². The van der Waals surface area contributed by atoms with Crippen LogP contribution in [0.5, 0.6) is 11.5 Å². The van der Waals surface area contributed by atoms with Crippen LogP contribution >= 0.6 is 0 Å². The number of nitrogens with zero attached hydrogens (tertiary/aromatic N) is 5. The van der Waals surface area contributed by atoms with Gasteiger partial charge < -0.3 is 29.2 Å². The highest BCUT2D eigenvalue weighted by Crippen LogP contribution is 2.46. The molecular formula is C45H51F2N7O5. The number of aromatic nitrogens is 1. The molecule has 1 unspecified atom stereocenters. The van der Waals surface area contributed by atoms with Gasteiger partial charge in [0, 0.05) is 96.8 Å². The normalized spacial score (nSPS) is 25.2. The maximum absolute atomic E-state index is 14.1. The summed E-state index contributed by atoms with van der Waals surface area (Å²) in [7, 11) is 1.67. The molecule has 4 aromatic rings. The Kier molecular flexibility index (Phi) is 9.74. The molecule has 3 amide bonds. The lowest BCUT2D eigenvalue weighted by Gasteiger charge is -2.47. The molecule has 14 heteroatoms. The fraction of sp³-hybridized carbons (Fsp3) is 0.489. The number of hydrogen-bond donors (Lipinski definition) is 2. The number of amides is 3. The van der Waals surface area contributed by atoms with E-state index < -0.39 is 18.4 Å². The number of H-pyrrole nitrogens is 1. The topological polar surface area (TPSA) is 114 Å². The van der Waals surface area contributed by atoms with Gasteiger partial charge in [-0.15, -0.1) is 0 Å². The number of benzene rings is 3. The highest BCUT2D eigenvalue weighted by molar-refractivity contribution is 6.06. The molecule has 4 atom stereocenters. The summed E-state index contributed by atoms with van der Waals surface area (Å²) < 4.78 is 40.6. The number of rotatable bonds is 8.